The van der Waals surface area contributed by atoms with Crippen molar-refractivity contribution in [2.75, 3.05) is 0 Å². The molecule has 4 heteroatoms. The van der Waals surface area contributed by atoms with Gasteiger partial charge in [0.15, 0.2) is 0 Å². The van der Waals surface area contributed by atoms with Gasteiger partial charge in [-0.2, -0.15) is 0 Å². The van der Waals surface area contributed by atoms with Crippen molar-refractivity contribution in [3.05, 3.63) is 35.9 Å². The zero-order valence-corrected chi connectivity index (χ0v) is 17.0. The maximum absolute atomic E-state index is 10.9. The van der Waals surface area contributed by atoms with Crippen molar-refractivity contribution in [1.82, 2.24) is 0 Å². The summed E-state index contributed by atoms with van der Waals surface area (Å²) in [5, 5.41) is 8.98. The van der Waals surface area contributed by atoms with Gasteiger partial charge in [-0.25, -0.2) is 9.78 Å². The van der Waals surface area contributed by atoms with Gasteiger partial charge in [0.05, 0.1) is 6.42 Å². The van der Waals surface area contributed by atoms with Crippen LogP contribution in [-0.2, 0) is 21.0 Å². The number of hydrogen-bond acceptors (Lipinski definition) is 3. The zero-order valence-electron chi connectivity index (χ0n) is 17.0. The fourth-order valence-electron chi connectivity index (χ4n) is 4.13. The van der Waals surface area contributed by atoms with Crippen LogP contribution in [0.4, 0.5) is 0 Å². The minimum Gasteiger partial charge on any atom is -0.481 e. The Kier molecular flexibility index (Phi) is 8.78. The molecule has 1 aromatic rings. The molecule has 0 bridgehead atoms. The molecule has 0 aliphatic carbocycles. The van der Waals surface area contributed by atoms with E-state index in [1.807, 2.05) is 13.8 Å². The highest BCUT2D eigenvalue weighted by Gasteiger charge is 2.47. The first kappa shape index (κ1) is 21.9. The Balaban J connectivity index is 1.45. The van der Waals surface area contributed by atoms with E-state index in [0.717, 1.165) is 12.8 Å². The van der Waals surface area contributed by atoms with Crippen molar-refractivity contribution < 1.29 is 19.7 Å². The van der Waals surface area contributed by atoms with Crippen molar-refractivity contribution in [1.29, 1.82) is 0 Å². The van der Waals surface area contributed by atoms with E-state index >= 15 is 0 Å². The van der Waals surface area contributed by atoms with Crippen LogP contribution in [0.5, 0.6) is 0 Å². The van der Waals surface area contributed by atoms with Gasteiger partial charge in [0, 0.05) is 6.42 Å². The van der Waals surface area contributed by atoms with Gasteiger partial charge in [0.25, 0.3) is 0 Å². The van der Waals surface area contributed by atoms with Crippen LogP contribution >= 0.6 is 0 Å². The lowest BCUT2D eigenvalue weighted by Gasteiger charge is -2.21. The minimum absolute atomic E-state index is 0.00708. The lowest BCUT2D eigenvalue weighted by atomic mass is 9.85. The smallest absolute Gasteiger partial charge is 0.306 e. The Morgan fingerprint density at radius 3 is 2.07 bits per heavy atom. The molecule has 0 amide bonds. The second-order valence-corrected chi connectivity index (χ2v) is 8.63. The molecule has 1 heterocycles. The third-order valence-electron chi connectivity index (χ3n) is 5.48. The molecule has 2 rings (SSSR count). The van der Waals surface area contributed by atoms with Crippen molar-refractivity contribution in [3.63, 3.8) is 0 Å². The summed E-state index contributed by atoms with van der Waals surface area (Å²) < 4.78 is 0. The van der Waals surface area contributed by atoms with Crippen LogP contribution in [0.25, 0.3) is 0 Å². The molecule has 1 saturated heterocycles. The predicted octanol–water partition coefficient (Wildman–Crippen LogP) is 6.08. The number of carboxylic acid groups (broad SMARTS) is 1. The third kappa shape index (κ3) is 8.44. The van der Waals surface area contributed by atoms with E-state index in [1.165, 1.54) is 56.9 Å². The van der Waals surface area contributed by atoms with Crippen molar-refractivity contribution in [2.24, 2.45) is 0 Å². The van der Waals surface area contributed by atoms with Crippen LogP contribution in [0, 0.1) is 0 Å². The van der Waals surface area contributed by atoms with Crippen LogP contribution < -0.4 is 0 Å². The highest BCUT2D eigenvalue weighted by molar-refractivity contribution is 5.68. The van der Waals surface area contributed by atoms with Crippen LogP contribution in [0.1, 0.15) is 90.0 Å². The lowest BCUT2D eigenvalue weighted by Crippen LogP contribution is -2.30. The second-order valence-electron chi connectivity index (χ2n) is 8.63. The summed E-state index contributed by atoms with van der Waals surface area (Å²) in [6.45, 7) is 3.86. The molecule has 0 saturated carbocycles. The summed E-state index contributed by atoms with van der Waals surface area (Å²) in [5.41, 5.74) is 0.408. The number of hydrogen-bond donors (Lipinski definition) is 1. The van der Waals surface area contributed by atoms with Gasteiger partial charge in [0.2, 0.25) is 0 Å². The monoisotopic (exact) mass is 376 g/mol. The molecule has 1 aromatic carbocycles. The van der Waals surface area contributed by atoms with E-state index in [2.05, 4.69) is 30.3 Å². The minimum atomic E-state index is -0.839. The quantitative estimate of drug-likeness (QED) is 0.334. The second kappa shape index (κ2) is 10.8. The number of unbranched alkanes of at least 4 members (excludes halogenated alkanes) is 7. The Morgan fingerprint density at radius 1 is 0.889 bits per heavy atom. The van der Waals surface area contributed by atoms with Crippen LogP contribution in [-0.4, -0.2) is 22.3 Å². The standard InChI is InChI=1S/C23H36O4/c1-22(19-23(2,27-26-22)18-21(24)25)17-13-8-6-4-3-5-7-10-14-20-15-11-9-12-16-20/h9,11-12,15-16H,3-8,10,13-14,17-19H2,1-2H3,(H,24,25)/t22-,23+/m1/s1. The van der Waals surface area contributed by atoms with E-state index < -0.39 is 11.6 Å². The van der Waals surface area contributed by atoms with E-state index in [1.54, 1.807) is 0 Å². The van der Waals surface area contributed by atoms with E-state index in [4.69, 9.17) is 14.9 Å². The molecule has 1 N–H and O–H groups in total. The van der Waals surface area contributed by atoms with Crippen molar-refractivity contribution in [3.8, 4) is 0 Å². The topological polar surface area (TPSA) is 55.8 Å². The maximum Gasteiger partial charge on any atom is 0.306 e. The molecule has 2 atom stereocenters. The molecule has 0 spiro atoms. The number of aryl methyl sites for hydroxylation is 1. The Bertz CT molecular complexity index is 559. The summed E-state index contributed by atoms with van der Waals surface area (Å²) in [6.07, 6.45) is 12.9. The Morgan fingerprint density at radius 2 is 1.44 bits per heavy atom. The van der Waals surface area contributed by atoms with Crippen LogP contribution in [0.3, 0.4) is 0 Å². The maximum atomic E-state index is 10.9. The zero-order chi connectivity index (χ0) is 19.6. The number of carboxylic acids is 1. The first-order chi connectivity index (χ1) is 12.9. The molecule has 152 valence electrons. The van der Waals surface area contributed by atoms with Gasteiger partial charge >= 0.3 is 5.97 Å². The highest BCUT2D eigenvalue weighted by atomic mass is 17.2. The first-order valence-corrected chi connectivity index (χ1v) is 10.5. The average Bonchev–Trinajstić information content (AvgIpc) is 2.91. The third-order valence-corrected chi connectivity index (χ3v) is 5.48. The normalized spacial score (nSPS) is 25.0. The molecule has 27 heavy (non-hydrogen) atoms. The van der Waals surface area contributed by atoms with Gasteiger partial charge in [-0.05, 0) is 38.7 Å². The van der Waals surface area contributed by atoms with Crippen molar-refractivity contribution >= 4 is 5.97 Å². The fourth-order valence-corrected chi connectivity index (χ4v) is 4.13. The van der Waals surface area contributed by atoms with Gasteiger partial charge < -0.3 is 5.11 Å². The summed E-state index contributed by atoms with van der Waals surface area (Å²) in [7, 11) is 0. The molecular formula is C23H36O4. The van der Waals surface area contributed by atoms with Crippen LogP contribution in [0.15, 0.2) is 30.3 Å². The number of rotatable bonds is 13. The molecular weight excluding hydrogens is 340 g/mol. The van der Waals surface area contributed by atoms with E-state index in [0.29, 0.717) is 6.42 Å². The lowest BCUT2D eigenvalue weighted by molar-refractivity contribution is -0.345. The van der Waals surface area contributed by atoms with Crippen LogP contribution in [0.2, 0.25) is 0 Å². The predicted molar refractivity (Wildman–Crippen MR) is 108 cm³/mol. The number of carbonyl (C=O) groups is 1. The Hall–Kier alpha value is -1.39. The molecule has 4 nitrogen and oxygen atoms in total. The highest BCUT2D eigenvalue weighted by Crippen LogP contribution is 2.40. The average molecular weight is 377 g/mol. The molecule has 0 radical (unpaired) electrons. The fraction of sp³-hybridized carbons (Fsp3) is 0.696. The number of benzene rings is 1. The van der Waals surface area contributed by atoms with E-state index in [9.17, 15) is 4.79 Å². The van der Waals surface area contributed by atoms with Gasteiger partial charge in [0.1, 0.15) is 11.2 Å². The molecule has 1 fully saturated rings. The van der Waals surface area contributed by atoms with Gasteiger partial charge in [-0.15, -0.1) is 0 Å². The van der Waals surface area contributed by atoms with E-state index in [-0.39, 0.29) is 12.0 Å². The summed E-state index contributed by atoms with van der Waals surface area (Å²) in [5.74, 6) is -0.839. The van der Waals surface area contributed by atoms with Gasteiger partial charge in [-0.1, -0.05) is 75.3 Å². The summed E-state index contributed by atoms with van der Waals surface area (Å²) >= 11 is 0. The number of aliphatic carboxylic acids is 1. The SMILES string of the molecule is C[C@]1(CC(=O)O)C[C@@](C)(CCCCCCCCCCc2ccccc2)OO1. The molecule has 0 aromatic heterocycles. The van der Waals surface area contributed by atoms with Crippen molar-refractivity contribution in [2.45, 2.75) is 102 Å². The summed E-state index contributed by atoms with van der Waals surface area (Å²) in [4.78, 5) is 21.8. The molecule has 1 aliphatic heterocycles. The molecule has 1 aliphatic rings. The summed E-state index contributed by atoms with van der Waals surface area (Å²) in [6, 6.07) is 10.7. The molecule has 0 unspecified atom stereocenters. The Labute approximate surface area is 164 Å². The first-order valence-electron chi connectivity index (χ1n) is 10.5. The van der Waals surface area contributed by atoms with Gasteiger partial charge in [-0.3, -0.25) is 4.79 Å². The largest absolute Gasteiger partial charge is 0.481 e.